The standard InChI is InChI=1S/C21H32F2N4O4/c1-21(2,3)31-20(29)26-11-7-5-4-6-10-25-18(28)9-8-12-30-15-13-16(22)19(27-24)17(23)14-15/h13-14,24H,4-12H2,1-3H3,(H,25,28)(H,26,29). The van der Waals surface area contributed by atoms with E-state index in [-0.39, 0.29) is 24.7 Å². The SMILES string of the molecule is CC(C)(C)OC(=O)NCCCCCCNC(=O)CCCOc1cc(F)c(N=N)c(F)c1. The van der Waals surface area contributed by atoms with E-state index in [4.69, 9.17) is 15.0 Å². The Hall–Kier alpha value is -2.78. The highest BCUT2D eigenvalue weighted by Crippen LogP contribution is 2.27. The van der Waals surface area contributed by atoms with Crippen molar-refractivity contribution in [3.05, 3.63) is 23.8 Å². The molecule has 0 aliphatic carbocycles. The molecule has 0 aliphatic heterocycles. The van der Waals surface area contributed by atoms with Gasteiger partial charge in [-0.1, -0.05) is 12.8 Å². The smallest absolute Gasteiger partial charge is 0.407 e. The second-order valence-electron chi connectivity index (χ2n) is 7.99. The van der Waals surface area contributed by atoms with Gasteiger partial charge in [-0.05, 0) is 40.0 Å². The molecule has 1 rings (SSSR count). The molecule has 1 aromatic carbocycles. The van der Waals surface area contributed by atoms with Crippen LogP contribution in [0.4, 0.5) is 19.3 Å². The molecular weight excluding hydrogens is 410 g/mol. The van der Waals surface area contributed by atoms with Gasteiger partial charge in [0.2, 0.25) is 5.91 Å². The molecule has 0 radical (unpaired) electrons. The number of amides is 2. The maximum Gasteiger partial charge on any atom is 0.407 e. The first-order valence-corrected chi connectivity index (χ1v) is 10.3. The second kappa shape index (κ2) is 13.5. The maximum atomic E-state index is 13.5. The summed E-state index contributed by atoms with van der Waals surface area (Å²) < 4.78 is 37.4. The Morgan fingerprint density at radius 2 is 1.58 bits per heavy atom. The van der Waals surface area contributed by atoms with Crippen molar-refractivity contribution in [2.24, 2.45) is 5.11 Å². The molecule has 174 valence electrons. The number of carbonyl (C=O) groups excluding carboxylic acids is 2. The van der Waals surface area contributed by atoms with Crippen molar-refractivity contribution in [1.29, 1.82) is 5.53 Å². The molecule has 0 bridgehead atoms. The molecule has 0 saturated heterocycles. The fraction of sp³-hybridized carbons (Fsp3) is 0.619. The van der Waals surface area contributed by atoms with Crippen LogP contribution in [0.2, 0.25) is 0 Å². The molecule has 0 aliphatic rings. The van der Waals surface area contributed by atoms with Crippen molar-refractivity contribution in [1.82, 2.24) is 10.6 Å². The van der Waals surface area contributed by atoms with Crippen molar-refractivity contribution >= 4 is 17.7 Å². The number of nitrogens with one attached hydrogen (secondary N) is 3. The van der Waals surface area contributed by atoms with E-state index in [1.165, 1.54) is 0 Å². The third-order valence-corrected chi connectivity index (χ3v) is 4.01. The van der Waals surface area contributed by atoms with Crippen LogP contribution in [0, 0.1) is 17.2 Å². The zero-order chi connectivity index (χ0) is 23.3. The largest absolute Gasteiger partial charge is 0.493 e. The van der Waals surface area contributed by atoms with E-state index in [0.717, 1.165) is 37.8 Å². The van der Waals surface area contributed by atoms with Gasteiger partial charge in [0.05, 0.1) is 6.61 Å². The number of unbranched alkanes of at least 4 members (excludes halogenated alkanes) is 3. The Morgan fingerprint density at radius 1 is 1.00 bits per heavy atom. The number of alkyl carbamates (subject to hydrolysis) is 1. The lowest BCUT2D eigenvalue weighted by atomic mass is 10.2. The van der Waals surface area contributed by atoms with E-state index in [9.17, 15) is 18.4 Å². The Balaban J connectivity index is 2.03. The molecule has 0 saturated carbocycles. The predicted octanol–water partition coefficient (Wildman–Crippen LogP) is 4.99. The molecule has 1 aromatic rings. The molecule has 0 heterocycles. The van der Waals surface area contributed by atoms with Crippen LogP contribution in [0.1, 0.15) is 59.3 Å². The summed E-state index contributed by atoms with van der Waals surface area (Å²) in [6.45, 7) is 6.68. The highest BCUT2D eigenvalue weighted by molar-refractivity contribution is 5.75. The molecule has 0 fully saturated rings. The summed E-state index contributed by atoms with van der Waals surface area (Å²) in [5.74, 6) is -2.06. The van der Waals surface area contributed by atoms with Crippen LogP contribution in [0.3, 0.4) is 0 Å². The van der Waals surface area contributed by atoms with Crippen molar-refractivity contribution in [3.63, 3.8) is 0 Å². The number of hydrogen-bond donors (Lipinski definition) is 3. The monoisotopic (exact) mass is 442 g/mol. The summed E-state index contributed by atoms with van der Waals surface area (Å²) in [5.41, 5.74) is 5.54. The van der Waals surface area contributed by atoms with E-state index in [2.05, 4.69) is 15.7 Å². The van der Waals surface area contributed by atoms with Crippen molar-refractivity contribution < 1.29 is 27.8 Å². The lowest BCUT2D eigenvalue weighted by Gasteiger charge is -2.19. The number of nitrogens with zero attached hydrogens (tertiary/aromatic N) is 1. The third-order valence-electron chi connectivity index (χ3n) is 4.01. The summed E-state index contributed by atoms with van der Waals surface area (Å²) in [7, 11) is 0. The first kappa shape index (κ1) is 26.3. The zero-order valence-electron chi connectivity index (χ0n) is 18.4. The third kappa shape index (κ3) is 11.9. The Labute approximate surface area is 181 Å². The van der Waals surface area contributed by atoms with Crippen LogP contribution < -0.4 is 15.4 Å². The van der Waals surface area contributed by atoms with Crippen molar-refractivity contribution in [2.45, 2.75) is 64.9 Å². The lowest BCUT2D eigenvalue weighted by Crippen LogP contribution is -2.33. The minimum Gasteiger partial charge on any atom is -0.493 e. The predicted molar refractivity (Wildman–Crippen MR) is 112 cm³/mol. The quantitative estimate of drug-likeness (QED) is 0.295. The molecular formula is C21H32F2N4O4. The summed E-state index contributed by atoms with van der Waals surface area (Å²) >= 11 is 0. The first-order chi connectivity index (χ1) is 14.6. The van der Waals surface area contributed by atoms with Crippen LogP contribution in [0.25, 0.3) is 0 Å². The number of benzene rings is 1. The van der Waals surface area contributed by atoms with Crippen LogP contribution >= 0.6 is 0 Å². The highest BCUT2D eigenvalue weighted by atomic mass is 19.1. The molecule has 10 heteroatoms. The molecule has 0 spiro atoms. The Kier molecular flexibility index (Phi) is 11.4. The summed E-state index contributed by atoms with van der Waals surface area (Å²) in [4.78, 5) is 23.3. The van der Waals surface area contributed by atoms with Gasteiger partial charge >= 0.3 is 6.09 Å². The molecule has 0 atom stereocenters. The normalized spacial score (nSPS) is 11.0. The number of hydrogen-bond acceptors (Lipinski definition) is 6. The van der Waals surface area contributed by atoms with Gasteiger partial charge in [0.1, 0.15) is 11.4 Å². The Morgan fingerprint density at radius 3 is 2.13 bits per heavy atom. The van der Waals surface area contributed by atoms with E-state index < -0.39 is 29.0 Å². The van der Waals surface area contributed by atoms with Crippen LogP contribution in [0.5, 0.6) is 5.75 Å². The van der Waals surface area contributed by atoms with Crippen LogP contribution in [-0.4, -0.2) is 37.3 Å². The number of halogens is 2. The minimum atomic E-state index is -0.969. The van der Waals surface area contributed by atoms with Gasteiger partial charge in [-0.3, -0.25) is 4.79 Å². The van der Waals surface area contributed by atoms with Gasteiger partial charge in [0, 0.05) is 31.6 Å². The maximum absolute atomic E-state index is 13.5. The van der Waals surface area contributed by atoms with Gasteiger partial charge in [-0.2, -0.15) is 5.11 Å². The van der Waals surface area contributed by atoms with Crippen molar-refractivity contribution in [2.75, 3.05) is 19.7 Å². The van der Waals surface area contributed by atoms with Gasteiger partial charge in [0.15, 0.2) is 17.3 Å². The summed E-state index contributed by atoms with van der Waals surface area (Å²) in [6, 6.07) is 1.92. The number of rotatable bonds is 13. The molecule has 2 amide bonds. The minimum absolute atomic E-state index is 0.0102. The molecule has 0 aromatic heterocycles. The van der Waals surface area contributed by atoms with E-state index in [1.807, 2.05) is 20.8 Å². The van der Waals surface area contributed by atoms with E-state index in [1.54, 1.807) is 0 Å². The molecule has 3 N–H and O–H groups in total. The zero-order valence-corrected chi connectivity index (χ0v) is 18.4. The summed E-state index contributed by atoms with van der Waals surface area (Å²) in [6.07, 6.45) is 3.75. The first-order valence-electron chi connectivity index (χ1n) is 10.3. The average Bonchev–Trinajstić information content (AvgIpc) is 2.65. The van der Waals surface area contributed by atoms with Crippen LogP contribution in [-0.2, 0) is 9.53 Å². The average molecular weight is 443 g/mol. The van der Waals surface area contributed by atoms with Gasteiger partial charge in [0.25, 0.3) is 0 Å². The van der Waals surface area contributed by atoms with Crippen LogP contribution in [0.15, 0.2) is 17.2 Å². The van der Waals surface area contributed by atoms with Crippen molar-refractivity contribution in [3.8, 4) is 5.75 Å². The number of carbonyl (C=O) groups is 2. The lowest BCUT2D eigenvalue weighted by molar-refractivity contribution is -0.121. The van der Waals surface area contributed by atoms with Gasteiger partial charge < -0.3 is 20.1 Å². The van der Waals surface area contributed by atoms with Gasteiger partial charge in [-0.15, -0.1) is 0 Å². The fourth-order valence-electron chi connectivity index (χ4n) is 2.58. The Bertz CT molecular complexity index is 716. The topological polar surface area (TPSA) is 113 Å². The number of ether oxygens (including phenoxy) is 2. The molecule has 0 unspecified atom stereocenters. The van der Waals surface area contributed by atoms with E-state index >= 15 is 0 Å². The molecule has 31 heavy (non-hydrogen) atoms. The highest BCUT2D eigenvalue weighted by Gasteiger charge is 2.15. The van der Waals surface area contributed by atoms with Gasteiger partial charge in [-0.25, -0.2) is 19.1 Å². The second-order valence-corrected chi connectivity index (χ2v) is 7.99. The van der Waals surface area contributed by atoms with E-state index in [0.29, 0.717) is 19.5 Å². The molecule has 8 nitrogen and oxygen atoms in total. The summed E-state index contributed by atoms with van der Waals surface area (Å²) in [5, 5.41) is 8.29. The fourth-order valence-corrected chi connectivity index (χ4v) is 2.58.